The van der Waals surface area contributed by atoms with Crippen molar-refractivity contribution in [3.63, 3.8) is 0 Å². The van der Waals surface area contributed by atoms with E-state index in [0.717, 1.165) is 17.7 Å². The summed E-state index contributed by atoms with van der Waals surface area (Å²) in [5.41, 5.74) is 0.957. The van der Waals surface area contributed by atoms with Crippen molar-refractivity contribution in [2.45, 2.75) is 24.3 Å². The fraction of sp³-hybridized carbons (Fsp3) is 0.400. The van der Waals surface area contributed by atoms with Gasteiger partial charge in [0.1, 0.15) is 11.9 Å². The fourth-order valence-corrected chi connectivity index (χ4v) is 2.46. The molecule has 1 N–H and O–H groups in total. The van der Waals surface area contributed by atoms with Crippen LogP contribution in [-0.4, -0.2) is 21.6 Å². The van der Waals surface area contributed by atoms with Crippen molar-refractivity contribution in [1.29, 1.82) is 0 Å². The molecule has 0 aliphatic carbocycles. The first-order valence-electron chi connectivity index (χ1n) is 4.76. The van der Waals surface area contributed by atoms with E-state index in [2.05, 4.69) is 4.72 Å². The Morgan fingerprint density at radius 2 is 2.20 bits per heavy atom. The number of fused-ring (bicyclic) bond motifs is 1. The maximum atomic E-state index is 11.5. The smallest absolute Gasteiger partial charge is 0.240 e. The van der Waals surface area contributed by atoms with Gasteiger partial charge in [0.15, 0.2) is 0 Å². The molecule has 5 heteroatoms. The Labute approximate surface area is 89.3 Å². The average Bonchev–Trinajstić information content (AvgIpc) is 2.56. The van der Waals surface area contributed by atoms with Crippen LogP contribution in [0.4, 0.5) is 0 Å². The third-order valence-electron chi connectivity index (χ3n) is 2.45. The normalized spacial score (nSPS) is 19.7. The molecule has 0 spiro atoms. The van der Waals surface area contributed by atoms with Gasteiger partial charge in [0.2, 0.25) is 10.0 Å². The average molecular weight is 227 g/mol. The lowest BCUT2D eigenvalue weighted by Gasteiger charge is -2.04. The molecule has 0 amide bonds. The first kappa shape index (κ1) is 10.4. The molecular formula is C10H13NO3S. The zero-order chi connectivity index (χ0) is 11.1. The molecule has 0 radical (unpaired) electrons. The molecule has 1 aliphatic heterocycles. The molecule has 1 atom stereocenters. The maximum absolute atomic E-state index is 11.5. The summed E-state index contributed by atoms with van der Waals surface area (Å²) in [4.78, 5) is 0.293. The van der Waals surface area contributed by atoms with E-state index >= 15 is 0 Å². The number of hydrogen-bond acceptors (Lipinski definition) is 3. The van der Waals surface area contributed by atoms with Crippen molar-refractivity contribution >= 4 is 10.0 Å². The van der Waals surface area contributed by atoms with Crippen LogP contribution < -0.4 is 9.46 Å². The molecule has 0 saturated heterocycles. The van der Waals surface area contributed by atoms with Crippen LogP contribution in [0.2, 0.25) is 0 Å². The quantitative estimate of drug-likeness (QED) is 0.817. The topological polar surface area (TPSA) is 55.4 Å². The third-order valence-corrected chi connectivity index (χ3v) is 3.86. The van der Waals surface area contributed by atoms with Crippen molar-refractivity contribution in [1.82, 2.24) is 4.72 Å². The van der Waals surface area contributed by atoms with Crippen molar-refractivity contribution in [2.75, 3.05) is 7.05 Å². The number of benzene rings is 1. The number of ether oxygens (including phenoxy) is 1. The molecule has 0 bridgehead atoms. The molecule has 0 aromatic heterocycles. The van der Waals surface area contributed by atoms with Gasteiger partial charge in [0.05, 0.1) is 4.90 Å². The molecule has 0 fully saturated rings. The molecule has 1 heterocycles. The molecule has 2 rings (SSSR count). The lowest BCUT2D eigenvalue weighted by atomic mass is 10.1. The number of rotatable bonds is 2. The first-order chi connectivity index (χ1) is 7.03. The van der Waals surface area contributed by atoms with E-state index in [-0.39, 0.29) is 6.10 Å². The van der Waals surface area contributed by atoms with Gasteiger partial charge in [-0.1, -0.05) is 0 Å². The molecule has 1 aromatic carbocycles. The van der Waals surface area contributed by atoms with Crippen LogP contribution in [0.1, 0.15) is 12.5 Å². The van der Waals surface area contributed by atoms with E-state index in [1.807, 2.05) is 6.92 Å². The zero-order valence-corrected chi connectivity index (χ0v) is 9.47. The van der Waals surface area contributed by atoms with Gasteiger partial charge in [-0.25, -0.2) is 13.1 Å². The van der Waals surface area contributed by atoms with E-state index in [9.17, 15) is 8.42 Å². The lowest BCUT2D eigenvalue weighted by Crippen LogP contribution is -2.18. The minimum absolute atomic E-state index is 0.132. The minimum atomic E-state index is -3.34. The van der Waals surface area contributed by atoms with E-state index < -0.39 is 10.0 Å². The minimum Gasteiger partial charge on any atom is -0.490 e. The third kappa shape index (κ3) is 1.85. The highest BCUT2D eigenvalue weighted by atomic mass is 32.2. The monoisotopic (exact) mass is 227 g/mol. The van der Waals surface area contributed by atoms with Gasteiger partial charge in [-0.2, -0.15) is 0 Å². The summed E-state index contributed by atoms with van der Waals surface area (Å²) in [6.45, 7) is 1.96. The zero-order valence-electron chi connectivity index (χ0n) is 8.65. The Morgan fingerprint density at radius 3 is 2.87 bits per heavy atom. The highest BCUT2D eigenvalue weighted by Gasteiger charge is 2.21. The Morgan fingerprint density at radius 1 is 1.47 bits per heavy atom. The van der Waals surface area contributed by atoms with Crippen molar-refractivity contribution < 1.29 is 13.2 Å². The summed E-state index contributed by atoms with van der Waals surface area (Å²) < 4.78 is 30.8. The van der Waals surface area contributed by atoms with Gasteiger partial charge in [-0.05, 0) is 37.7 Å². The Kier molecular flexibility index (Phi) is 2.44. The predicted octanol–water partition coefficient (Wildman–Crippen LogP) is 0.918. The van der Waals surface area contributed by atoms with Crippen LogP contribution in [0.3, 0.4) is 0 Å². The summed E-state index contributed by atoms with van der Waals surface area (Å²) >= 11 is 0. The summed E-state index contributed by atoms with van der Waals surface area (Å²) in [5.74, 6) is 0.789. The fourth-order valence-electron chi connectivity index (χ4n) is 1.68. The molecule has 1 aliphatic rings. The highest BCUT2D eigenvalue weighted by Crippen LogP contribution is 2.30. The van der Waals surface area contributed by atoms with Gasteiger partial charge in [-0.15, -0.1) is 0 Å². The number of hydrogen-bond donors (Lipinski definition) is 1. The highest BCUT2D eigenvalue weighted by molar-refractivity contribution is 7.89. The maximum Gasteiger partial charge on any atom is 0.240 e. The Hall–Kier alpha value is -1.07. The largest absolute Gasteiger partial charge is 0.490 e. The van der Waals surface area contributed by atoms with Crippen molar-refractivity contribution in [3.8, 4) is 5.75 Å². The second-order valence-electron chi connectivity index (χ2n) is 3.61. The molecule has 82 valence electrons. The number of sulfonamides is 1. The second-order valence-corrected chi connectivity index (χ2v) is 5.50. The predicted molar refractivity (Wildman–Crippen MR) is 56.5 cm³/mol. The molecule has 15 heavy (non-hydrogen) atoms. The van der Waals surface area contributed by atoms with E-state index in [4.69, 9.17) is 4.74 Å². The Bertz CT molecular complexity index is 481. The SMILES string of the molecule is CNS(=O)(=O)c1ccc2c(c1)CC(C)O2. The molecule has 0 saturated carbocycles. The standard InChI is InChI=1S/C10H13NO3S/c1-7-5-8-6-9(15(12,13)11-2)3-4-10(8)14-7/h3-4,6-7,11H,5H2,1-2H3. The van der Waals surface area contributed by atoms with Crippen molar-refractivity contribution in [2.24, 2.45) is 0 Å². The van der Waals surface area contributed by atoms with Crippen LogP contribution in [0.25, 0.3) is 0 Å². The van der Waals surface area contributed by atoms with Gasteiger partial charge >= 0.3 is 0 Å². The van der Waals surface area contributed by atoms with Crippen LogP contribution >= 0.6 is 0 Å². The number of nitrogens with one attached hydrogen (secondary N) is 1. The van der Waals surface area contributed by atoms with E-state index in [1.165, 1.54) is 7.05 Å². The van der Waals surface area contributed by atoms with Gasteiger partial charge in [-0.3, -0.25) is 0 Å². The van der Waals surface area contributed by atoms with E-state index in [0.29, 0.717) is 4.90 Å². The van der Waals surface area contributed by atoms with Gasteiger partial charge < -0.3 is 4.74 Å². The summed E-state index contributed by atoms with van der Waals surface area (Å²) in [6.07, 6.45) is 0.898. The lowest BCUT2D eigenvalue weighted by molar-refractivity contribution is 0.254. The molecule has 1 aromatic rings. The summed E-state index contributed by atoms with van der Waals surface area (Å²) in [5, 5.41) is 0. The van der Waals surface area contributed by atoms with Crippen LogP contribution in [0.5, 0.6) is 5.75 Å². The Balaban J connectivity index is 2.44. The molecular weight excluding hydrogens is 214 g/mol. The van der Waals surface area contributed by atoms with Crippen LogP contribution in [0, 0.1) is 0 Å². The van der Waals surface area contributed by atoms with Gasteiger partial charge in [0.25, 0.3) is 0 Å². The van der Waals surface area contributed by atoms with E-state index in [1.54, 1.807) is 18.2 Å². The van der Waals surface area contributed by atoms with Crippen molar-refractivity contribution in [3.05, 3.63) is 23.8 Å². The molecule has 1 unspecified atom stereocenters. The first-order valence-corrected chi connectivity index (χ1v) is 6.24. The summed E-state index contributed by atoms with van der Waals surface area (Å²) in [7, 11) is -1.94. The van der Waals surface area contributed by atoms with Crippen LogP contribution in [-0.2, 0) is 16.4 Å². The van der Waals surface area contributed by atoms with Gasteiger partial charge in [0, 0.05) is 6.42 Å². The molecule has 4 nitrogen and oxygen atoms in total. The van der Waals surface area contributed by atoms with Crippen LogP contribution in [0.15, 0.2) is 23.1 Å². The second kappa shape index (κ2) is 3.50. The summed E-state index contributed by atoms with van der Waals surface area (Å²) in [6, 6.07) is 4.94.